The highest BCUT2D eigenvalue weighted by molar-refractivity contribution is 5.90. The van der Waals surface area contributed by atoms with Crippen LogP contribution in [0.3, 0.4) is 0 Å². The highest BCUT2D eigenvalue weighted by Gasteiger charge is 2.41. The Morgan fingerprint density at radius 1 is 0.941 bits per heavy atom. The zero-order valence-electron chi connectivity index (χ0n) is 18.7. The lowest BCUT2D eigenvalue weighted by Gasteiger charge is -2.42. The van der Waals surface area contributed by atoms with Gasteiger partial charge in [-0.2, -0.15) is 9.61 Å². The molecule has 0 atom stereocenters. The number of fused-ring (bicyclic) bond motifs is 3. The zero-order chi connectivity index (χ0) is 22.9. The van der Waals surface area contributed by atoms with Crippen molar-refractivity contribution in [2.24, 2.45) is 5.73 Å². The number of hydrogen-bond donors (Lipinski definition) is 2. The highest BCUT2D eigenvalue weighted by atomic mass is 16.3. The summed E-state index contributed by atoms with van der Waals surface area (Å²) in [5, 5.41) is 15.6. The molecule has 2 aliphatic rings. The minimum atomic E-state index is -0.441. The van der Waals surface area contributed by atoms with Crippen LogP contribution in [-0.4, -0.2) is 30.8 Å². The molecule has 168 valence electrons. The molecule has 0 unspecified atom stereocenters. The SMILES string of the molecule is N[C@]1(c2ccc(-c3nc4c(cnc5cc(C6CC6)nn54)cc3-c3ccccc3)cc2)C[C@@H](O)C1. The van der Waals surface area contributed by atoms with Gasteiger partial charge in [0.2, 0.25) is 0 Å². The summed E-state index contributed by atoms with van der Waals surface area (Å²) >= 11 is 0. The first-order valence-corrected chi connectivity index (χ1v) is 11.9. The van der Waals surface area contributed by atoms with Crippen LogP contribution in [0.1, 0.15) is 42.9 Å². The molecule has 3 N–H and O–H groups in total. The van der Waals surface area contributed by atoms with Gasteiger partial charge in [0.25, 0.3) is 0 Å². The fourth-order valence-electron chi connectivity index (χ4n) is 5.17. The second-order valence-electron chi connectivity index (χ2n) is 9.83. The fraction of sp³-hybridized carbons (Fsp3) is 0.250. The second kappa shape index (κ2) is 7.19. The number of hydrogen-bond acceptors (Lipinski definition) is 5. The number of nitrogens with two attached hydrogens (primary N) is 1. The van der Waals surface area contributed by atoms with Gasteiger partial charge in [-0.3, -0.25) is 0 Å². The van der Waals surface area contributed by atoms with Crippen LogP contribution in [0.2, 0.25) is 0 Å². The van der Waals surface area contributed by atoms with Crippen molar-refractivity contribution in [1.82, 2.24) is 19.6 Å². The van der Waals surface area contributed by atoms with Crippen LogP contribution in [0.4, 0.5) is 0 Å². The molecular formula is C28H25N5O. The summed E-state index contributed by atoms with van der Waals surface area (Å²) in [6.45, 7) is 0. The number of pyridine rings is 1. The van der Waals surface area contributed by atoms with Gasteiger partial charge in [0.15, 0.2) is 11.3 Å². The number of nitrogens with zero attached hydrogens (tertiary/aromatic N) is 4. The lowest BCUT2D eigenvalue weighted by Crippen LogP contribution is -2.51. The molecular weight excluding hydrogens is 422 g/mol. The third-order valence-electron chi connectivity index (χ3n) is 7.29. The molecule has 0 saturated heterocycles. The molecule has 0 amide bonds. The fourth-order valence-corrected chi connectivity index (χ4v) is 5.17. The maximum absolute atomic E-state index is 9.76. The van der Waals surface area contributed by atoms with Crippen molar-refractivity contribution in [3.63, 3.8) is 0 Å². The molecule has 6 nitrogen and oxygen atoms in total. The van der Waals surface area contributed by atoms with Crippen molar-refractivity contribution in [2.45, 2.75) is 43.2 Å². The first-order valence-electron chi connectivity index (χ1n) is 11.9. The van der Waals surface area contributed by atoms with Gasteiger partial charge in [0.05, 0.1) is 17.5 Å². The third kappa shape index (κ3) is 3.14. The van der Waals surface area contributed by atoms with Crippen molar-refractivity contribution >= 4 is 16.7 Å². The second-order valence-corrected chi connectivity index (χ2v) is 9.83. The standard InChI is InChI=1S/C28H25N5O/c29-28(14-22(34)15-28)21-10-8-19(9-11-21)26-23(17-4-2-1-3-5-17)12-20-16-30-25-13-24(18-6-7-18)32-33(25)27(20)31-26/h1-5,8-13,16,18,22,34H,6-7,14-15,29H2/t22-,28-. The van der Waals surface area contributed by atoms with Crippen molar-refractivity contribution < 1.29 is 5.11 Å². The van der Waals surface area contributed by atoms with Gasteiger partial charge in [0, 0.05) is 40.2 Å². The molecule has 34 heavy (non-hydrogen) atoms. The van der Waals surface area contributed by atoms with E-state index in [2.05, 4.69) is 53.5 Å². The molecule has 2 aliphatic carbocycles. The van der Waals surface area contributed by atoms with Gasteiger partial charge in [0.1, 0.15) is 0 Å². The summed E-state index contributed by atoms with van der Waals surface area (Å²) in [4.78, 5) is 9.83. The largest absolute Gasteiger partial charge is 0.393 e. The van der Waals surface area contributed by atoms with Crippen LogP contribution in [-0.2, 0) is 5.54 Å². The van der Waals surface area contributed by atoms with E-state index in [0.717, 1.165) is 50.3 Å². The van der Waals surface area contributed by atoms with Gasteiger partial charge in [-0.15, -0.1) is 0 Å². The maximum atomic E-state index is 9.76. The summed E-state index contributed by atoms with van der Waals surface area (Å²) in [6.07, 6.45) is 5.19. The lowest BCUT2D eigenvalue weighted by atomic mass is 9.70. The number of rotatable bonds is 4. The summed E-state index contributed by atoms with van der Waals surface area (Å²) in [5.74, 6) is 0.556. The Labute approximate surface area is 197 Å². The van der Waals surface area contributed by atoms with Crippen molar-refractivity contribution in [1.29, 1.82) is 0 Å². The van der Waals surface area contributed by atoms with E-state index in [-0.39, 0.29) is 6.10 Å². The van der Waals surface area contributed by atoms with Crippen LogP contribution in [0, 0.1) is 0 Å². The number of benzene rings is 2. The van der Waals surface area contributed by atoms with Gasteiger partial charge in [-0.25, -0.2) is 9.97 Å². The van der Waals surface area contributed by atoms with Crippen LogP contribution < -0.4 is 5.73 Å². The summed E-state index contributed by atoms with van der Waals surface area (Å²) in [6, 6.07) is 22.9. The molecule has 3 aromatic heterocycles. The normalized spacial score (nSPS) is 22.2. The number of aliphatic hydroxyl groups excluding tert-OH is 1. The van der Waals surface area contributed by atoms with Gasteiger partial charge >= 0.3 is 0 Å². The molecule has 6 heteroatoms. The lowest BCUT2D eigenvalue weighted by molar-refractivity contribution is 0.0209. The van der Waals surface area contributed by atoms with E-state index in [0.29, 0.717) is 18.8 Å². The van der Waals surface area contributed by atoms with Gasteiger partial charge < -0.3 is 10.8 Å². The highest BCUT2D eigenvalue weighted by Crippen LogP contribution is 2.41. The first kappa shape index (κ1) is 19.8. The van der Waals surface area contributed by atoms with Gasteiger partial charge in [-0.05, 0) is 42.9 Å². The molecule has 3 heterocycles. The van der Waals surface area contributed by atoms with Crippen molar-refractivity contribution in [3.05, 3.63) is 84.2 Å². The summed E-state index contributed by atoms with van der Waals surface area (Å²) < 4.78 is 1.89. The van der Waals surface area contributed by atoms with E-state index < -0.39 is 5.54 Å². The quantitative estimate of drug-likeness (QED) is 0.413. The Balaban J connectivity index is 1.41. The monoisotopic (exact) mass is 447 g/mol. The van der Waals surface area contributed by atoms with Crippen LogP contribution in [0.25, 0.3) is 39.1 Å². The zero-order valence-corrected chi connectivity index (χ0v) is 18.7. The molecule has 2 aromatic carbocycles. The molecule has 0 spiro atoms. The van der Waals surface area contributed by atoms with E-state index >= 15 is 0 Å². The molecule has 0 bridgehead atoms. The number of aliphatic hydroxyl groups is 1. The van der Waals surface area contributed by atoms with E-state index in [1.54, 1.807) is 0 Å². The summed E-state index contributed by atoms with van der Waals surface area (Å²) in [5.41, 5.74) is 13.9. The Bertz CT molecular complexity index is 1530. The van der Waals surface area contributed by atoms with E-state index in [4.69, 9.17) is 15.8 Å². The molecule has 2 saturated carbocycles. The predicted octanol–water partition coefficient (Wildman–Crippen LogP) is 4.80. The van der Waals surface area contributed by atoms with Crippen molar-refractivity contribution in [3.8, 4) is 22.4 Å². The van der Waals surface area contributed by atoms with Gasteiger partial charge in [-0.1, -0.05) is 54.6 Å². The topological polar surface area (TPSA) is 89.3 Å². The average molecular weight is 448 g/mol. The Morgan fingerprint density at radius 2 is 1.71 bits per heavy atom. The Hall–Kier alpha value is -3.61. The molecule has 0 aliphatic heterocycles. The molecule has 7 rings (SSSR count). The van der Waals surface area contributed by atoms with Crippen LogP contribution in [0.5, 0.6) is 0 Å². The maximum Gasteiger partial charge on any atom is 0.165 e. The smallest absolute Gasteiger partial charge is 0.165 e. The Kier molecular flexibility index (Phi) is 4.19. The number of aromatic nitrogens is 4. The molecule has 5 aromatic rings. The minimum Gasteiger partial charge on any atom is -0.393 e. The van der Waals surface area contributed by atoms with E-state index in [9.17, 15) is 5.11 Å². The van der Waals surface area contributed by atoms with Crippen molar-refractivity contribution in [2.75, 3.05) is 0 Å². The summed E-state index contributed by atoms with van der Waals surface area (Å²) in [7, 11) is 0. The van der Waals surface area contributed by atoms with E-state index in [1.165, 1.54) is 12.8 Å². The predicted molar refractivity (Wildman–Crippen MR) is 132 cm³/mol. The third-order valence-corrected chi connectivity index (χ3v) is 7.29. The molecule has 0 radical (unpaired) electrons. The average Bonchev–Trinajstić information content (AvgIpc) is 3.61. The van der Waals surface area contributed by atoms with E-state index in [1.807, 2.05) is 28.9 Å². The first-order chi connectivity index (χ1) is 16.6. The van der Waals surface area contributed by atoms with Crippen LogP contribution in [0.15, 0.2) is 72.9 Å². The Morgan fingerprint density at radius 3 is 2.41 bits per heavy atom. The minimum absolute atomic E-state index is 0.304. The molecule has 2 fully saturated rings. The van der Waals surface area contributed by atoms with Crippen LogP contribution >= 0.6 is 0 Å².